The number of aromatic carboxylic acids is 1. The van der Waals surface area contributed by atoms with Crippen molar-refractivity contribution in [1.82, 2.24) is 0 Å². The summed E-state index contributed by atoms with van der Waals surface area (Å²) in [6.07, 6.45) is 0. The van der Waals surface area contributed by atoms with Crippen molar-refractivity contribution >= 4 is 19.3 Å². The van der Waals surface area contributed by atoms with Gasteiger partial charge in [-0.25, -0.2) is 0 Å². The SMILES string of the molecule is COP(=O)(OC)[C@@H](Nc1ccc(C(=O)[O-])cc1)c1ccccc1. The fourth-order valence-electron chi connectivity index (χ4n) is 2.13. The van der Waals surface area contributed by atoms with Gasteiger partial charge in [0.1, 0.15) is 0 Å². The highest BCUT2D eigenvalue weighted by molar-refractivity contribution is 7.54. The molecule has 0 amide bonds. The quantitative estimate of drug-likeness (QED) is 0.783. The summed E-state index contributed by atoms with van der Waals surface area (Å²) in [6.45, 7) is 0. The lowest BCUT2D eigenvalue weighted by atomic mass is 10.2. The lowest BCUT2D eigenvalue weighted by Gasteiger charge is -2.26. The molecule has 6 nitrogen and oxygen atoms in total. The number of rotatable bonds is 7. The second kappa shape index (κ2) is 7.42. The third-order valence-corrected chi connectivity index (χ3v) is 5.44. The number of carboxylic acid groups (broad SMARTS) is 1. The molecule has 0 aliphatic rings. The Kier molecular flexibility index (Phi) is 5.55. The van der Waals surface area contributed by atoms with Crippen molar-refractivity contribution in [3.05, 3.63) is 65.7 Å². The van der Waals surface area contributed by atoms with Crippen molar-refractivity contribution in [1.29, 1.82) is 0 Å². The average molecular weight is 334 g/mol. The summed E-state index contributed by atoms with van der Waals surface area (Å²) >= 11 is 0. The smallest absolute Gasteiger partial charge is 0.356 e. The van der Waals surface area contributed by atoms with Crippen LogP contribution in [0, 0.1) is 0 Å². The predicted octanol–water partition coefficient (Wildman–Crippen LogP) is 2.65. The Hall–Kier alpha value is -2.14. The number of nitrogens with one attached hydrogen (secondary N) is 1. The van der Waals surface area contributed by atoms with E-state index in [-0.39, 0.29) is 5.56 Å². The minimum absolute atomic E-state index is 0.0634. The molecule has 1 N–H and O–H groups in total. The van der Waals surface area contributed by atoms with Crippen LogP contribution in [0.4, 0.5) is 5.69 Å². The highest BCUT2D eigenvalue weighted by Gasteiger charge is 2.35. The molecule has 0 radical (unpaired) electrons. The highest BCUT2D eigenvalue weighted by atomic mass is 31.2. The summed E-state index contributed by atoms with van der Waals surface area (Å²) in [5.41, 5.74) is 1.37. The van der Waals surface area contributed by atoms with Gasteiger partial charge < -0.3 is 24.3 Å². The monoisotopic (exact) mass is 334 g/mol. The van der Waals surface area contributed by atoms with Gasteiger partial charge in [0.2, 0.25) is 0 Å². The van der Waals surface area contributed by atoms with Gasteiger partial charge in [0.05, 0.1) is 5.97 Å². The molecule has 1 atom stereocenters. The van der Waals surface area contributed by atoms with E-state index in [0.29, 0.717) is 5.69 Å². The fourth-order valence-corrected chi connectivity index (χ4v) is 3.54. The number of benzene rings is 2. The molecule has 2 rings (SSSR count). The lowest BCUT2D eigenvalue weighted by Crippen LogP contribution is -2.22. The molecule has 0 saturated carbocycles. The Balaban J connectivity index is 2.35. The van der Waals surface area contributed by atoms with E-state index in [2.05, 4.69) is 5.32 Å². The summed E-state index contributed by atoms with van der Waals surface area (Å²) in [5, 5.41) is 13.9. The molecule has 0 aromatic heterocycles. The van der Waals surface area contributed by atoms with E-state index in [9.17, 15) is 14.5 Å². The van der Waals surface area contributed by atoms with Gasteiger partial charge in [-0.3, -0.25) is 4.57 Å². The Morgan fingerprint density at radius 2 is 1.61 bits per heavy atom. The first kappa shape index (κ1) is 17.2. The molecule has 0 heterocycles. The first-order valence-electron chi connectivity index (χ1n) is 6.84. The molecule has 0 spiro atoms. The first-order valence-corrected chi connectivity index (χ1v) is 8.45. The van der Waals surface area contributed by atoms with Gasteiger partial charge >= 0.3 is 7.60 Å². The number of hydrogen-bond donors (Lipinski definition) is 1. The normalized spacial score (nSPS) is 12.6. The van der Waals surface area contributed by atoms with E-state index in [1.54, 1.807) is 24.3 Å². The van der Waals surface area contributed by atoms with E-state index in [1.807, 2.05) is 18.2 Å². The Labute approximate surface area is 134 Å². The van der Waals surface area contributed by atoms with Crippen molar-refractivity contribution in [2.75, 3.05) is 19.5 Å². The zero-order valence-electron chi connectivity index (χ0n) is 12.8. The van der Waals surface area contributed by atoms with Crippen LogP contribution in [0.3, 0.4) is 0 Å². The Morgan fingerprint density at radius 3 is 2.09 bits per heavy atom. The van der Waals surface area contributed by atoms with Gasteiger partial charge in [-0.15, -0.1) is 0 Å². The van der Waals surface area contributed by atoms with Crippen LogP contribution in [0.15, 0.2) is 54.6 Å². The largest absolute Gasteiger partial charge is 0.545 e. The molecule has 2 aromatic carbocycles. The zero-order valence-corrected chi connectivity index (χ0v) is 13.7. The van der Waals surface area contributed by atoms with Crippen molar-refractivity contribution in [3.8, 4) is 0 Å². The summed E-state index contributed by atoms with van der Waals surface area (Å²) < 4.78 is 23.0. The third kappa shape index (κ3) is 3.99. The van der Waals surface area contributed by atoms with Crippen molar-refractivity contribution in [2.45, 2.75) is 5.78 Å². The molecule has 0 fully saturated rings. The van der Waals surface area contributed by atoms with Crippen molar-refractivity contribution in [3.63, 3.8) is 0 Å². The number of carbonyl (C=O) groups excluding carboxylic acids is 1. The molecule has 0 aliphatic carbocycles. The molecule has 2 aromatic rings. The van der Waals surface area contributed by atoms with E-state index in [0.717, 1.165) is 5.56 Å². The third-order valence-electron chi connectivity index (χ3n) is 3.36. The summed E-state index contributed by atoms with van der Waals surface area (Å²) in [4.78, 5) is 10.8. The minimum atomic E-state index is -3.45. The van der Waals surface area contributed by atoms with Gasteiger partial charge in [0.25, 0.3) is 0 Å². The lowest BCUT2D eigenvalue weighted by molar-refractivity contribution is -0.255. The molecule has 0 bridgehead atoms. The maximum Gasteiger partial charge on any atom is 0.356 e. The fraction of sp³-hybridized carbons (Fsp3) is 0.188. The molecular formula is C16H17NO5P-. The Morgan fingerprint density at radius 1 is 1.04 bits per heavy atom. The average Bonchev–Trinajstić information content (AvgIpc) is 2.60. The maximum absolute atomic E-state index is 12.8. The van der Waals surface area contributed by atoms with Crippen molar-refractivity contribution < 1.29 is 23.5 Å². The second-order valence-corrected chi connectivity index (χ2v) is 7.05. The maximum atomic E-state index is 12.8. The van der Waals surface area contributed by atoms with Crippen LogP contribution in [-0.4, -0.2) is 20.2 Å². The molecule has 122 valence electrons. The molecule has 7 heteroatoms. The van der Waals surface area contributed by atoms with E-state index in [4.69, 9.17) is 9.05 Å². The first-order chi connectivity index (χ1) is 11.0. The topological polar surface area (TPSA) is 87.7 Å². The van der Waals surface area contributed by atoms with Gasteiger partial charge in [0.15, 0.2) is 5.78 Å². The predicted molar refractivity (Wildman–Crippen MR) is 85.2 cm³/mol. The van der Waals surface area contributed by atoms with Crippen LogP contribution in [-0.2, 0) is 13.6 Å². The zero-order chi connectivity index (χ0) is 16.9. The van der Waals surface area contributed by atoms with Gasteiger partial charge in [-0.05, 0) is 23.3 Å². The molecule has 0 saturated heterocycles. The summed E-state index contributed by atoms with van der Waals surface area (Å²) in [7, 11) is -0.808. The van der Waals surface area contributed by atoms with Gasteiger partial charge in [0, 0.05) is 19.9 Å². The van der Waals surface area contributed by atoms with E-state index < -0.39 is 19.3 Å². The molecule has 0 unspecified atom stereocenters. The Bertz CT molecular complexity index is 694. The van der Waals surface area contributed by atoms with Crippen molar-refractivity contribution in [2.24, 2.45) is 0 Å². The summed E-state index contributed by atoms with van der Waals surface area (Å²) in [6, 6.07) is 15.0. The van der Waals surface area contributed by atoms with E-state index in [1.165, 1.54) is 26.4 Å². The highest BCUT2D eigenvalue weighted by Crippen LogP contribution is 2.59. The van der Waals surface area contributed by atoms with Crippen LogP contribution in [0.25, 0.3) is 0 Å². The second-order valence-electron chi connectivity index (χ2n) is 4.73. The molecule has 23 heavy (non-hydrogen) atoms. The number of anilines is 1. The number of hydrogen-bond acceptors (Lipinski definition) is 6. The van der Waals surface area contributed by atoms with Gasteiger partial charge in [-0.1, -0.05) is 42.5 Å². The number of carbonyl (C=O) groups is 1. The standard InChI is InChI=1S/C16H18NO5P/c1-21-23(20,22-2)15(12-6-4-3-5-7-12)17-14-10-8-13(9-11-14)16(18)19/h3-11,15,17H,1-2H3,(H,18,19)/p-1/t15-/m1/s1. The van der Waals surface area contributed by atoms with Crippen LogP contribution < -0.4 is 10.4 Å². The van der Waals surface area contributed by atoms with Crippen LogP contribution in [0.5, 0.6) is 0 Å². The van der Waals surface area contributed by atoms with E-state index >= 15 is 0 Å². The van der Waals surface area contributed by atoms with Crippen LogP contribution in [0.2, 0.25) is 0 Å². The van der Waals surface area contributed by atoms with Crippen LogP contribution >= 0.6 is 7.60 Å². The van der Waals surface area contributed by atoms with Crippen LogP contribution in [0.1, 0.15) is 21.7 Å². The molecular weight excluding hydrogens is 317 g/mol. The van der Waals surface area contributed by atoms with Gasteiger partial charge in [-0.2, -0.15) is 0 Å². The number of carboxylic acids is 1. The summed E-state index contributed by atoms with van der Waals surface area (Å²) in [5.74, 6) is -1.98. The molecule has 0 aliphatic heterocycles. The minimum Gasteiger partial charge on any atom is -0.545 e.